The van der Waals surface area contributed by atoms with E-state index in [1.54, 1.807) is 7.11 Å². The van der Waals surface area contributed by atoms with Gasteiger partial charge in [0.05, 0.1) is 31.5 Å². The van der Waals surface area contributed by atoms with E-state index in [4.69, 9.17) is 4.74 Å². The lowest BCUT2D eigenvalue weighted by molar-refractivity contribution is -0.115. The third kappa shape index (κ3) is 4.94. The van der Waals surface area contributed by atoms with E-state index in [1.165, 1.54) is 13.2 Å². The fraction of sp³-hybridized carbons (Fsp3) is 0.385. The number of ether oxygens (including phenoxy) is 2. The predicted octanol–water partition coefficient (Wildman–Crippen LogP) is 0.787. The molecular weight excluding hydrogens is 267 g/mol. The van der Waals surface area contributed by atoms with E-state index in [0.717, 1.165) is 12.1 Å². The van der Waals surface area contributed by atoms with Crippen molar-refractivity contribution >= 4 is 17.6 Å². The predicted molar refractivity (Wildman–Crippen MR) is 71.1 cm³/mol. The number of methoxy groups -OCH3 is 2. The largest absolute Gasteiger partial charge is 0.465 e. The molecule has 0 saturated heterocycles. The number of carbonyl (C=O) groups excluding carboxylic acids is 2. The molecule has 0 atom stereocenters. The second kappa shape index (κ2) is 8.23. The quantitative estimate of drug-likeness (QED) is 0.572. The van der Waals surface area contributed by atoms with Gasteiger partial charge in [0.25, 0.3) is 0 Å². The lowest BCUT2D eigenvalue weighted by Crippen LogP contribution is -2.30. The number of benzene rings is 1. The minimum absolute atomic E-state index is 0.0283. The molecule has 1 amide bonds. The van der Waals surface area contributed by atoms with Crippen LogP contribution in [0.5, 0.6) is 0 Å². The number of nitrogens with one attached hydrogen (secondary N) is 2. The molecule has 20 heavy (non-hydrogen) atoms. The fourth-order valence-corrected chi connectivity index (χ4v) is 1.48. The van der Waals surface area contributed by atoms with E-state index >= 15 is 0 Å². The minimum Gasteiger partial charge on any atom is -0.465 e. The second-order valence-electron chi connectivity index (χ2n) is 3.90. The molecule has 110 valence electrons. The summed E-state index contributed by atoms with van der Waals surface area (Å²) >= 11 is 0. The van der Waals surface area contributed by atoms with E-state index in [1.807, 2.05) is 0 Å². The summed E-state index contributed by atoms with van der Waals surface area (Å²) in [6.07, 6.45) is 0. The molecule has 0 aromatic heterocycles. The molecule has 6 nitrogen and oxygen atoms in total. The molecule has 0 fully saturated rings. The van der Waals surface area contributed by atoms with Crippen LogP contribution in [-0.2, 0) is 14.3 Å². The molecule has 1 rings (SSSR count). The average Bonchev–Trinajstić information content (AvgIpc) is 2.43. The van der Waals surface area contributed by atoms with Crippen LogP contribution in [-0.4, -0.2) is 45.8 Å². The number of hydrogen-bond acceptors (Lipinski definition) is 5. The molecule has 0 unspecified atom stereocenters. The highest BCUT2D eigenvalue weighted by molar-refractivity contribution is 6.01. The molecule has 0 aliphatic heterocycles. The molecule has 0 bridgehead atoms. The number of hydrogen-bond donors (Lipinski definition) is 2. The number of esters is 1. The van der Waals surface area contributed by atoms with Gasteiger partial charge in [-0.15, -0.1) is 0 Å². The zero-order chi connectivity index (χ0) is 15.0. The number of anilines is 1. The van der Waals surface area contributed by atoms with Gasteiger partial charge in [-0.3, -0.25) is 4.79 Å². The first-order valence-electron chi connectivity index (χ1n) is 5.96. The molecule has 0 aliphatic carbocycles. The lowest BCUT2D eigenvalue weighted by atomic mass is 10.1. The summed E-state index contributed by atoms with van der Waals surface area (Å²) in [5.74, 6) is -1.59. The first-order chi connectivity index (χ1) is 9.58. The molecule has 0 radical (unpaired) electrons. The maximum absolute atomic E-state index is 13.2. The summed E-state index contributed by atoms with van der Waals surface area (Å²) in [7, 11) is 2.76. The summed E-state index contributed by atoms with van der Waals surface area (Å²) in [5, 5.41) is 5.30. The van der Waals surface area contributed by atoms with Gasteiger partial charge in [-0.25, -0.2) is 9.18 Å². The van der Waals surface area contributed by atoms with Crippen molar-refractivity contribution in [1.29, 1.82) is 0 Å². The summed E-state index contributed by atoms with van der Waals surface area (Å²) in [6.45, 7) is 1.01. The van der Waals surface area contributed by atoms with Gasteiger partial charge < -0.3 is 20.1 Å². The van der Waals surface area contributed by atoms with Crippen molar-refractivity contribution in [2.75, 3.05) is 39.2 Å². The molecule has 0 aliphatic rings. The number of amides is 1. The van der Waals surface area contributed by atoms with Gasteiger partial charge in [0.2, 0.25) is 5.91 Å². The smallest absolute Gasteiger partial charge is 0.339 e. The van der Waals surface area contributed by atoms with Crippen LogP contribution in [0.1, 0.15) is 10.4 Å². The number of rotatable bonds is 7. The van der Waals surface area contributed by atoms with E-state index in [0.29, 0.717) is 13.2 Å². The Morgan fingerprint density at radius 3 is 2.70 bits per heavy atom. The second-order valence-corrected chi connectivity index (χ2v) is 3.90. The van der Waals surface area contributed by atoms with Crippen LogP contribution in [0.2, 0.25) is 0 Å². The Kier molecular flexibility index (Phi) is 6.61. The molecule has 0 spiro atoms. The van der Waals surface area contributed by atoms with Crippen molar-refractivity contribution in [3.8, 4) is 0 Å². The lowest BCUT2D eigenvalue weighted by Gasteiger charge is -2.10. The van der Waals surface area contributed by atoms with Crippen LogP contribution in [0, 0.1) is 5.82 Å². The van der Waals surface area contributed by atoms with Gasteiger partial charge in [0.1, 0.15) is 5.82 Å². The number of halogens is 1. The van der Waals surface area contributed by atoms with Crippen LogP contribution < -0.4 is 10.6 Å². The van der Waals surface area contributed by atoms with E-state index in [-0.39, 0.29) is 17.8 Å². The van der Waals surface area contributed by atoms with Crippen molar-refractivity contribution in [2.45, 2.75) is 0 Å². The SMILES string of the molecule is COCCNCC(=O)Nc1cc(F)ccc1C(=O)OC. The average molecular weight is 284 g/mol. The summed E-state index contributed by atoms with van der Waals surface area (Å²) in [4.78, 5) is 23.2. The van der Waals surface area contributed by atoms with Crippen molar-refractivity contribution in [3.63, 3.8) is 0 Å². The van der Waals surface area contributed by atoms with E-state index in [2.05, 4.69) is 15.4 Å². The highest BCUT2D eigenvalue weighted by atomic mass is 19.1. The highest BCUT2D eigenvalue weighted by Crippen LogP contribution is 2.18. The maximum atomic E-state index is 13.2. The normalized spacial score (nSPS) is 10.2. The summed E-state index contributed by atoms with van der Waals surface area (Å²) in [5.41, 5.74) is 0.175. The Morgan fingerprint density at radius 2 is 2.05 bits per heavy atom. The monoisotopic (exact) mass is 284 g/mol. The first kappa shape index (κ1) is 16.1. The Morgan fingerprint density at radius 1 is 1.30 bits per heavy atom. The van der Waals surface area contributed by atoms with Crippen LogP contribution >= 0.6 is 0 Å². The van der Waals surface area contributed by atoms with Crippen LogP contribution in [0.4, 0.5) is 10.1 Å². The van der Waals surface area contributed by atoms with Crippen molar-refractivity contribution < 1.29 is 23.5 Å². The van der Waals surface area contributed by atoms with Crippen LogP contribution in [0.25, 0.3) is 0 Å². The Bertz CT molecular complexity index is 479. The molecule has 7 heteroatoms. The first-order valence-corrected chi connectivity index (χ1v) is 5.96. The Balaban J connectivity index is 2.68. The summed E-state index contributed by atoms with van der Waals surface area (Å²) in [6, 6.07) is 3.45. The zero-order valence-corrected chi connectivity index (χ0v) is 11.4. The van der Waals surface area contributed by atoms with Gasteiger partial charge in [-0.05, 0) is 18.2 Å². The van der Waals surface area contributed by atoms with Gasteiger partial charge in [-0.1, -0.05) is 0 Å². The van der Waals surface area contributed by atoms with Gasteiger partial charge in [0, 0.05) is 13.7 Å². The third-order valence-electron chi connectivity index (χ3n) is 2.43. The number of carbonyl (C=O) groups is 2. The molecule has 0 saturated carbocycles. The van der Waals surface area contributed by atoms with Crippen molar-refractivity contribution in [2.24, 2.45) is 0 Å². The van der Waals surface area contributed by atoms with E-state index < -0.39 is 17.7 Å². The van der Waals surface area contributed by atoms with E-state index in [9.17, 15) is 14.0 Å². The minimum atomic E-state index is -0.646. The van der Waals surface area contributed by atoms with Crippen LogP contribution in [0.15, 0.2) is 18.2 Å². The Labute approximate surface area is 116 Å². The fourth-order valence-electron chi connectivity index (χ4n) is 1.48. The summed E-state index contributed by atoms with van der Waals surface area (Å²) < 4.78 is 22.6. The molecule has 1 aromatic rings. The van der Waals surface area contributed by atoms with Gasteiger partial charge in [-0.2, -0.15) is 0 Å². The third-order valence-corrected chi connectivity index (χ3v) is 2.43. The maximum Gasteiger partial charge on any atom is 0.339 e. The van der Waals surface area contributed by atoms with Crippen molar-refractivity contribution in [1.82, 2.24) is 5.32 Å². The Hall–Kier alpha value is -1.99. The molecule has 1 aromatic carbocycles. The standard InChI is InChI=1S/C13H17FN2O4/c1-19-6-5-15-8-12(17)16-11-7-9(14)3-4-10(11)13(18)20-2/h3-4,7,15H,5-6,8H2,1-2H3,(H,16,17). The highest BCUT2D eigenvalue weighted by Gasteiger charge is 2.14. The topological polar surface area (TPSA) is 76.7 Å². The zero-order valence-electron chi connectivity index (χ0n) is 11.4. The van der Waals surface area contributed by atoms with Gasteiger partial charge >= 0.3 is 5.97 Å². The van der Waals surface area contributed by atoms with Crippen LogP contribution in [0.3, 0.4) is 0 Å². The molecular formula is C13H17FN2O4. The molecule has 0 heterocycles. The van der Waals surface area contributed by atoms with Crippen molar-refractivity contribution in [3.05, 3.63) is 29.6 Å². The van der Waals surface area contributed by atoms with Gasteiger partial charge in [0.15, 0.2) is 0 Å². The molecule has 2 N–H and O–H groups in total.